The number of piperidine rings is 1. The summed E-state index contributed by atoms with van der Waals surface area (Å²) in [7, 11) is -1.46. The Morgan fingerprint density at radius 2 is 1.93 bits per heavy atom. The van der Waals surface area contributed by atoms with Crippen LogP contribution in [0.4, 0.5) is 0 Å². The van der Waals surface area contributed by atoms with Gasteiger partial charge < -0.3 is 14.2 Å². The Bertz CT molecular complexity index is 827. The van der Waals surface area contributed by atoms with Crippen LogP contribution in [0.25, 0.3) is 0 Å². The second-order valence-corrected chi connectivity index (χ2v) is 10.8. The summed E-state index contributed by atoms with van der Waals surface area (Å²) < 4.78 is 43.5. The molecule has 3 heterocycles. The van der Waals surface area contributed by atoms with Crippen LogP contribution in [0, 0.1) is 11.3 Å². The molecule has 0 amide bonds. The van der Waals surface area contributed by atoms with Crippen LogP contribution in [0.5, 0.6) is 11.5 Å². The molecule has 0 unspecified atom stereocenters. The third-order valence-corrected chi connectivity index (χ3v) is 7.93. The predicted molar refractivity (Wildman–Crippen MR) is 103 cm³/mol. The van der Waals surface area contributed by atoms with Crippen molar-refractivity contribution in [1.82, 2.24) is 4.31 Å². The van der Waals surface area contributed by atoms with Gasteiger partial charge in [-0.1, -0.05) is 0 Å². The van der Waals surface area contributed by atoms with E-state index in [0.29, 0.717) is 19.7 Å². The topological polar surface area (TPSA) is 65.1 Å². The van der Waals surface area contributed by atoms with Crippen LogP contribution in [-0.4, -0.2) is 51.4 Å². The summed E-state index contributed by atoms with van der Waals surface area (Å²) in [6.45, 7) is 6.08. The van der Waals surface area contributed by atoms with Gasteiger partial charge in [0.25, 0.3) is 0 Å². The highest BCUT2D eigenvalue weighted by Crippen LogP contribution is 2.55. The Morgan fingerprint density at radius 1 is 1.22 bits per heavy atom. The van der Waals surface area contributed by atoms with Crippen LogP contribution in [0.3, 0.4) is 0 Å². The van der Waals surface area contributed by atoms with Crippen LogP contribution in [-0.2, 0) is 14.8 Å². The van der Waals surface area contributed by atoms with Crippen LogP contribution >= 0.6 is 0 Å². The lowest BCUT2D eigenvalue weighted by Crippen LogP contribution is -2.54. The minimum absolute atomic E-state index is 0.0163. The molecule has 1 spiro atoms. The molecule has 2 fully saturated rings. The highest BCUT2D eigenvalue weighted by Gasteiger charge is 2.53. The van der Waals surface area contributed by atoms with Crippen molar-refractivity contribution in [3.05, 3.63) is 23.8 Å². The predicted octanol–water partition coefficient (Wildman–Crippen LogP) is 2.99. The Labute approximate surface area is 161 Å². The van der Waals surface area contributed by atoms with E-state index in [4.69, 9.17) is 14.2 Å². The molecule has 150 valence electrons. The minimum atomic E-state index is -3.12. The van der Waals surface area contributed by atoms with E-state index in [1.807, 2.05) is 18.2 Å². The minimum Gasteiger partial charge on any atom is -0.497 e. The molecule has 6 nitrogen and oxygen atoms in total. The zero-order valence-corrected chi connectivity index (χ0v) is 17.3. The molecule has 0 aliphatic carbocycles. The normalized spacial score (nSPS) is 29.5. The van der Waals surface area contributed by atoms with E-state index >= 15 is 0 Å². The monoisotopic (exact) mass is 395 g/mol. The summed E-state index contributed by atoms with van der Waals surface area (Å²) in [6.07, 6.45) is 3.94. The van der Waals surface area contributed by atoms with E-state index in [-0.39, 0.29) is 23.0 Å². The van der Waals surface area contributed by atoms with Crippen molar-refractivity contribution < 1.29 is 22.6 Å². The summed E-state index contributed by atoms with van der Waals surface area (Å²) >= 11 is 0. The Hall–Kier alpha value is -1.31. The number of hydrogen-bond acceptors (Lipinski definition) is 5. The molecule has 3 aliphatic rings. The first-order valence-electron chi connectivity index (χ1n) is 9.57. The number of fused-ring (bicyclic) bond motifs is 3. The maximum atomic E-state index is 11.8. The number of benzene rings is 1. The van der Waals surface area contributed by atoms with E-state index in [2.05, 4.69) is 13.8 Å². The highest BCUT2D eigenvalue weighted by atomic mass is 32.2. The lowest BCUT2D eigenvalue weighted by molar-refractivity contribution is -0.172. The summed E-state index contributed by atoms with van der Waals surface area (Å²) in [5.41, 5.74) is 0.745. The molecule has 0 N–H and O–H groups in total. The number of rotatable bonds is 2. The van der Waals surface area contributed by atoms with Crippen molar-refractivity contribution >= 4 is 10.0 Å². The molecule has 0 aromatic heterocycles. The molecule has 0 saturated carbocycles. The second kappa shape index (κ2) is 6.36. The van der Waals surface area contributed by atoms with Crippen molar-refractivity contribution in [1.29, 1.82) is 0 Å². The highest BCUT2D eigenvalue weighted by molar-refractivity contribution is 7.88. The number of hydrogen-bond donors (Lipinski definition) is 0. The van der Waals surface area contributed by atoms with Gasteiger partial charge in [0.1, 0.15) is 17.1 Å². The molecule has 27 heavy (non-hydrogen) atoms. The number of nitrogens with zero attached hydrogens (tertiary/aromatic N) is 1. The van der Waals surface area contributed by atoms with Gasteiger partial charge >= 0.3 is 0 Å². The van der Waals surface area contributed by atoms with Crippen molar-refractivity contribution in [2.45, 2.75) is 44.8 Å². The fraction of sp³-hybridized carbons (Fsp3) is 0.700. The summed E-state index contributed by atoms with van der Waals surface area (Å²) in [5, 5.41) is 0. The van der Waals surface area contributed by atoms with Crippen molar-refractivity contribution in [2.75, 3.05) is 33.1 Å². The number of sulfonamides is 1. The zero-order valence-electron chi connectivity index (χ0n) is 16.5. The zero-order chi connectivity index (χ0) is 19.4. The van der Waals surface area contributed by atoms with E-state index in [1.54, 1.807) is 11.4 Å². The van der Waals surface area contributed by atoms with Gasteiger partial charge in [-0.2, -0.15) is 0 Å². The summed E-state index contributed by atoms with van der Waals surface area (Å²) in [6, 6.07) is 5.90. The molecule has 4 rings (SSSR count). The summed E-state index contributed by atoms with van der Waals surface area (Å²) in [5.74, 6) is 1.89. The van der Waals surface area contributed by atoms with E-state index in [1.165, 1.54) is 6.26 Å². The SMILES string of the molecule is COc1ccc2c(c1)[C@H]1OCC3(CCN(S(C)(=O)=O)CC3)C[C@@H]1C(C)(C)O2. The van der Waals surface area contributed by atoms with Crippen molar-refractivity contribution in [2.24, 2.45) is 11.3 Å². The lowest BCUT2D eigenvalue weighted by atomic mass is 9.64. The molecule has 1 aromatic carbocycles. The van der Waals surface area contributed by atoms with Crippen LogP contribution in [0.1, 0.15) is 44.8 Å². The Kier molecular flexibility index (Phi) is 4.48. The maximum absolute atomic E-state index is 11.8. The first kappa shape index (κ1) is 19.0. The Balaban J connectivity index is 1.59. The maximum Gasteiger partial charge on any atom is 0.211 e. The second-order valence-electron chi connectivity index (χ2n) is 8.81. The number of methoxy groups -OCH3 is 1. The van der Waals surface area contributed by atoms with Gasteiger partial charge in [0.15, 0.2) is 0 Å². The van der Waals surface area contributed by atoms with Gasteiger partial charge in [-0.25, -0.2) is 12.7 Å². The van der Waals surface area contributed by atoms with Gasteiger partial charge in [0, 0.05) is 24.6 Å². The van der Waals surface area contributed by atoms with Crippen molar-refractivity contribution in [3.8, 4) is 11.5 Å². The first-order valence-corrected chi connectivity index (χ1v) is 11.4. The molecule has 2 saturated heterocycles. The van der Waals surface area contributed by atoms with Gasteiger partial charge in [0.2, 0.25) is 10.0 Å². The standard InChI is InChI=1S/C20H29NO5S/c1-19(2)16-12-20(7-9-21(10-8-20)27(4,22)23)13-25-18(16)15-11-14(24-3)5-6-17(15)26-19/h5-6,11,16,18H,7-10,12-13H2,1-4H3/t16-,18+/m0/s1. The molecule has 7 heteroatoms. The molecule has 3 aliphatic heterocycles. The third kappa shape index (κ3) is 3.34. The largest absolute Gasteiger partial charge is 0.497 e. The van der Waals surface area contributed by atoms with E-state index in [9.17, 15) is 8.42 Å². The first-order chi connectivity index (χ1) is 12.6. The van der Waals surface area contributed by atoms with Gasteiger partial charge in [-0.15, -0.1) is 0 Å². The molecule has 2 atom stereocenters. The quantitative estimate of drug-likeness (QED) is 0.770. The average Bonchev–Trinajstić information content (AvgIpc) is 2.61. The Morgan fingerprint density at radius 3 is 2.56 bits per heavy atom. The molecule has 1 aromatic rings. The fourth-order valence-corrected chi connectivity index (χ4v) is 5.75. The van der Waals surface area contributed by atoms with E-state index in [0.717, 1.165) is 36.3 Å². The number of ether oxygens (including phenoxy) is 3. The molecule has 0 bridgehead atoms. The fourth-order valence-electron chi connectivity index (χ4n) is 4.90. The smallest absolute Gasteiger partial charge is 0.211 e. The van der Waals surface area contributed by atoms with Crippen molar-refractivity contribution in [3.63, 3.8) is 0 Å². The van der Waals surface area contributed by atoms with Gasteiger partial charge in [-0.05, 0) is 56.7 Å². The molecular formula is C20H29NO5S. The van der Waals surface area contributed by atoms with E-state index < -0.39 is 10.0 Å². The summed E-state index contributed by atoms with van der Waals surface area (Å²) in [4.78, 5) is 0. The van der Waals surface area contributed by atoms with Crippen LogP contribution in [0.2, 0.25) is 0 Å². The van der Waals surface area contributed by atoms with Crippen LogP contribution < -0.4 is 9.47 Å². The average molecular weight is 396 g/mol. The van der Waals surface area contributed by atoms with Gasteiger partial charge in [0.05, 0.1) is 26.1 Å². The van der Waals surface area contributed by atoms with Crippen LogP contribution in [0.15, 0.2) is 18.2 Å². The van der Waals surface area contributed by atoms with Gasteiger partial charge in [-0.3, -0.25) is 0 Å². The lowest BCUT2D eigenvalue weighted by Gasteiger charge is -2.54. The third-order valence-electron chi connectivity index (χ3n) is 6.63. The molecular weight excluding hydrogens is 366 g/mol. The molecule has 0 radical (unpaired) electrons.